The summed E-state index contributed by atoms with van der Waals surface area (Å²) in [6.45, 7) is 5.86. The van der Waals surface area contributed by atoms with E-state index in [0.29, 0.717) is 19.6 Å². The minimum Gasteiger partial charge on any atom is -0.465 e. The van der Waals surface area contributed by atoms with Crippen molar-refractivity contribution in [2.24, 2.45) is 5.73 Å². The standard InChI is InChI=1S/C12H21NO4/c1-4-12(13,11(15)17-6-3)9-7-8-10(14)16-5-2/h7-8H,4-6,9,13H2,1-3H3/b8-7+. The summed E-state index contributed by atoms with van der Waals surface area (Å²) in [5.41, 5.74) is 4.84. The van der Waals surface area contributed by atoms with Gasteiger partial charge in [-0.2, -0.15) is 0 Å². The van der Waals surface area contributed by atoms with Crippen LogP contribution in [0.25, 0.3) is 0 Å². The van der Waals surface area contributed by atoms with Gasteiger partial charge in [-0.1, -0.05) is 13.0 Å². The molecule has 17 heavy (non-hydrogen) atoms. The molecule has 5 nitrogen and oxygen atoms in total. The smallest absolute Gasteiger partial charge is 0.330 e. The molecule has 0 aliphatic rings. The molecular formula is C12H21NO4. The Labute approximate surface area is 102 Å². The van der Waals surface area contributed by atoms with Crippen molar-refractivity contribution in [3.63, 3.8) is 0 Å². The summed E-state index contributed by atoms with van der Waals surface area (Å²) in [5, 5.41) is 0. The van der Waals surface area contributed by atoms with Gasteiger partial charge in [0.25, 0.3) is 0 Å². The second-order valence-electron chi connectivity index (χ2n) is 3.59. The van der Waals surface area contributed by atoms with Gasteiger partial charge in [0.2, 0.25) is 0 Å². The summed E-state index contributed by atoms with van der Waals surface area (Å²) in [6, 6.07) is 0. The molecule has 0 aromatic carbocycles. The van der Waals surface area contributed by atoms with E-state index in [1.807, 2.05) is 0 Å². The van der Waals surface area contributed by atoms with Gasteiger partial charge in [-0.05, 0) is 26.7 Å². The fraction of sp³-hybridized carbons (Fsp3) is 0.667. The van der Waals surface area contributed by atoms with Crippen LogP contribution in [0.3, 0.4) is 0 Å². The maximum absolute atomic E-state index is 11.6. The molecule has 0 rings (SSSR count). The van der Waals surface area contributed by atoms with Gasteiger partial charge in [-0.25, -0.2) is 4.79 Å². The second kappa shape index (κ2) is 7.84. The zero-order valence-electron chi connectivity index (χ0n) is 10.7. The number of hydrogen-bond acceptors (Lipinski definition) is 5. The summed E-state index contributed by atoms with van der Waals surface area (Å²) >= 11 is 0. The van der Waals surface area contributed by atoms with Crippen molar-refractivity contribution < 1.29 is 19.1 Å². The van der Waals surface area contributed by atoms with E-state index >= 15 is 0 Å². The third-order valence-corrected chi connectivity index (χ3v) is 2.34. The molecule has 0 aliphatic carbocycles. The molecule has 0 aliphatic heterocycles. The number of carbonyl (C=O) groups excluding carboxylic acids is 2. The van der Waals surface area contributed by atoms with Gasteiger partial charge in [0, 0.05) is 6.08 Å². The van der Waals surface area contributed by atoms with Crippen LogP contribution in [0.15, 0.2) is 12.2 Å². The average molecular weight is 243 g/mol. The number of esters is 2. The predicted molar refractivity (Wildman–Crippen MR) is 64.2 cm³/mol. The summed E-state index contributed by atoms with van der Waals surface area (Å²) in [5.74, 6) is -0.883. The summed E-state index contributed by atoms with van der Waals surface area (Å²) in [7, 11) is 0. The van der Waals surface area contributed by atoms with Crippen molar-refractivity contribution in [1.82, 2.24) is 0 Å². The van der Waals surface area contributed by atoms with Crippen LogP contribution in [0.5, 0.6) is 0 Å². The van der Waals surface area contributed by atoms with Gasteiger partial charge in [-0.15, -0.1) is 0 Å². The second-order valence-corrected chi connectivity index (χ2v) is 3.59. The maximum Gasteiger partial charge on any atom is 0.330 e. The van der Waals surface area contributed by atoms with Crippen LogP contribution in [-0.2, 0) is 19.1 Å². The number of ether oxygens (including phenoxy) is 2. The number of carbonyl (C=O) groups is 2. The molecule has 0 aromatic heterocycles. The van der Waals surface area contributed by atoms with E-state index in [1.54, 1.807) is 26.8 Å². The molecule has 0 spiro atoms. The van der Waals surface area contributed by atoms with Crippen LogP contribution in [-0.4, -0.2) is 30.7 Å². The lowest BCUT2D eigenvalue weighted by Gasteiger charge is -2.23. The summed E-state index contributed by atoms with van der Waals surface area (Å²) in [4.78, 5) is 22.6. The molecular weight excluding hydrogens is 222 g/mol. The van der Waals surface area contributed by atoms with Crippen LogP contribution in [0.2, 0.25) is 0 Å². The van der Waals surface area contributed by atoms with Crippen molar-refractivity contribution in [1.29, 1.82) is 0 Å². The zero-order valence-corrected chi connectivity index (χ0v) is 10.7. The van der Waals surface area contributed by atoms with E-state index in [1.165, 1.54) is 6.08 Å². The highest BCUT2D eigenvalue weighted by Crippen LogP contribution is 2.14. The lowest BCUT2D eigenvalue weighted by atomic mass is 9.93. The van der Waals surface area contributed by atoms with Gasteiger partial charge in [0.05, 0.1) is 13.2 Å². The van der Waals surface area contributed by atoms with Crippen molar-refractivity contribution in [2.75, 3.05) is 13.2 Å². The van der Waals surface area contributed by atoms with Crippen molar-refractivity contribution >= 4 is 11.9 Å². The van der Waals surface area contributed by atoms with Gasteiger partial charge < -0.3 is 15.2 Å². The molecule has 1 atom stereocenters. The Morgan fingerprint density at radius 2 is 1.76 bits per heavy atom. The highest BCUT2D eigenvalue weighted by Gasteiger charge is 2.32. The van der Waals surface area contributed by atoms with E-state index in [4.69, 9.17) is 15.2 Å². The van der Waals surface area contributed by atoms with Gasteiger partial charge in [-0.3, -0.25) is 4.79 Å². The molecule has 0 fully saturated rings. The Balaban J connectivity index is 4.39. The first-order valence-corrected chi connectivity index (χ1v) is 5.79. The lowest BCUT2D eigenvalue weighted by molar-refractivity contribution is -0.149. The molecule has 0 aromatic rings. The molecule has 2 N–H and O–H groups in total. The summed E-state index contributed by atoms with van der Waals surface area (Å²) in [6.07, 6.45) is 3.51. The highest BCUT2D eigenvalue weighted by atomic mass is 16.5. The van der Waals surface area contributed by atoms with E-state index in [9.17, 15) is 9.59 Å². The highest BCUT2D eigenvalue weighted by molar-refractivity contribution is 5.83. The number of nitrogens with two attached hydrogens (primary N) is 1. The molecule has 1 unspecified atom stereocenters. The largest absolute Gasteiger partial charge is 0.465 e. The predicted octanol–water partition coefficient (Wildman–Crippen LogP) is 1.17. The molecule has 98 valence electrons. The first-order chi connectivity index (χ1) is 8.00. The van der Waals surface area contributed by atoms with Crippen molar-refractivity contribution in [3.05, 3.63) is 12.2 Å². The topological polar surface area (TPSA) is 78.6 Å². The average Bonchev–Trinajstić information content (AvgIpc) is 2.29. The minimum absolute atomic E-state index is 0.251. The monoisotopic (exact) mass is 243 g/mol. The van der Waals surface area contributed by atoms with Gasteiger partial charge in [0.1, 0.15) is 5.54 Å². The molecule has 5 heteroatoms. The van der Waals surface area contributed by atoms with Crippen LogP contribution < -0.4 is 5.73 Å². The Morgan fingerprint density at radius 3 is 2.24 bits per heavy atom. The lowest BCUT2D eigenvalue weighted by Crippen LogP contribution is -2.48. The van der Waals surface area contributed by atoms with Crippen LogP contribution in [0, 0.1) is 0 Å². The molecule has 0 bridgehead atoms. The molecule has 0 radical (unpaired) electrons. The number of hydrogen-bond donors (Lipinski definition) is 1. The van der Waals surface area contributed by atoms with Crippen molar-refractivity contribution in [3.8, 4) is 0 Å². The Morgan fingerprint density at radius 1 is 1.18 bits per heavy atom. The normalized spacial score (nSPS) is 14.4. The minimum atomic E-state index is -1.07. The van der Waals surface area contributed by atoms with E-state index in [0.717, 1.165) is 0 Å². The van der Waals surface area contributed by atoms with Crippen LogP contribution in [0.4, 0.5) is 0 Å². The first-order valence-electron chi connectivity index (χ1n) is 5.79. The molecule has 0 heterocycles. The van der Waals surface area contributed by atoms with Crippen molar-refractivity contribution in [2.45, 2.75) is 39.2 Å². The zero-order chi connectivity index (χ0) is 13.3. The first kappa shape index (κ1) is 15.6. The van der Waals surface area contributed by atoms with E-state index in [2.05, 4.69) is 0 Å². The SMILES string of the molecule is CCOC(=O)/C=C/CC(N)(CC)C(=O)OCC. The third-order valence-electron chi connectivity index (χ3n) is 2.34. The molecule has 0 amide bonds. The Bertz CT molecular complexity index is 288. The molecule has 0 saturated heterocycles. The third kappa shape index (κ3) is 5.49. The van der Waals surface area contributed by atoms with Crippen LogP contribution >= 0.6 is 0 Å². The van der Waals surface area contributed by atoms with E-state index < -0.39 is 17.5 Å². The Hall–Kier alpha value is -1.36. The summed E-state index contributed by atoms with van der Waals surface area (Å²) < 4.78 is 9.60. The quantitative estimate of drug-likeness (QED) is 0.536. The van der Waals surface area contributed by atoms with Gasteiger partial charge >= 0.3 is 11.9 Å². The van der Waals surface area contributed by atoms with E-state index in [-0.39, 0.29) is 6.42 Å². The molecule has 0 saturated carbocycles. The fourth-order valence-electron chi connectivity index (χ4n) is 1.20. The van der Waals surface area contributed by atoms with Gasteiger partial charge in [0.15, 0.2) is 0 Å². The Kier molecular flexibility index (Phi) is 7.21. The van der Waals surface area contributed by atoms with Crippen LogP contribution in [0.1, 0.15) is 33.6 Å². The number of rotatable bonds is 7. The fourth-order valence-corrected chi connectivity index (χ4v) is 1.20. The maximum atomic E-state index is 11.6.